The molecule has 0 bridgehead atoms. The van der Waals surface area contributed by atoms with E-state index in [1.165, 1.54) is 6.07 Å². The second kappa shape index (κ2) is 8.25. The predicted octanol–water partition coefficient (Wildman–Crippen LogP) is 4.23. The first-order valence-electron chi connectivity index (χ1n) is 7.69. The molecule has 1 aromatic carbocycles. The van der Waals surface area contributed by atoms with Crippen LogP contribution < -0.4 is 5.32 Å². The Balaban J connectivity index is 2.99. The van der Waals surface area contributed by atoms with E-state index in [-0.39, 0.29) is 11.4 Å². The summed E-state index contributed by atoms with van der Waals surface area (Å²) in [5.41, 5.74) is 1.22. The van der Waals surface area contributed by atoms with Crippen LogP contribution >= 0.6 is 15.9 Å². The quantitative estimate of drug-likeness (QED) is 0.747. The summed E-state index contributed by atoms with van der Waals surface area (Å²) in [5.74, 6) is -0.206. The number of halogens is 2. The van der Waals surface area contributed by atoms with Crippen LogP contribution in [0.4, 0.5) is 4.39 Å². The highest BCUT2D eigenvalue weighted by atomic mass is 79.9. The van der Waals surface area contributed by atoms with E-state index in [9.17, 15) is 4.39 Å². The third kappa shape index (κ3) is 4.76. The molecule has 120 valence electrons. The van der Waals surface area contributed by atoms with Crippen molar-refractivity contribution >= 4 is 15.9 Å². The van der Waals surface area contributed by atoms with Crippen molar-refractivity contribution in [3.05, 3.63) is 34.1 Å². The first-order chi connectivity index (χ1) is 9.85. The molecule has 0 aliphatic carbocycles. The van der Waals surface area contributed by atoms with Crippen molar-refractivity contribution in [1.29, 1.82) is 0 Å². The molecular weight excluding hydrogens is 331 g/mol. The molecule has 0 saturated heterocycles. The summed E-state index contributed by atoms with van der Waals surface area (Å²) in [5, 5.41) is 3.67. The third-order valence-electron chi connectivity index (χ3n) is 4.55. The number of rotatable bonds is 8. The van der Waals surface area contributed by atoms with Crippen LogP contribution in [-0.4, -0.2) is 37.1 Å². The Morgan fingerprint density at radius 3 is 2.48 bits per heavy atom. The average molecular weight is 359 g/mol. The summed E-state index contributed by atoms with van der Waals surface area (Å²) in [6.07, 6.45) is 3.06. The Kier molecular flexibility index (Phi) is 7.31. The summed E-state index contributed by atoms with van der Waals surface area (Å²) < 4.78 is 13.9. The minimum absolute atomic E-state index is 0.0655. The van der Waals surface area contributed by atoms with Crippen LogP contribution in [0.2, 0.25) is 0 Å². The van der Waals surface area contributed by atoms with E-state index in [1.54, 1.807) is 0 Å². The highest BCUT2D eigenvalue weighted by Crippen LogP contribution is 2.25. The maximum atomic E-state index is 13.4. The standard InChI is InChI=1S/C17H28BrFN2/c1-6-10-20-16(17(3,7-2)21(4)5)12-13-8-9-15(19)14(18)11-13/h8-9,11,16,20H,6-7,10,12H2,1-5H3. The number of hydrogen-bond donors (Lipinski definition) is 1. The van der Waals surface area contributed by atoms with Gasteiger partial charge in [-0.2, -0.15) is 0 Å². The van der Waals surface area contributed by atoms with Crippen LogP contribution in [0.5, 0.6) is 0 Å². The van der Waals surface area contributed by atoms with Gasteiger partial charge in [-0.25, -0.2) is 4.39 Å². The molecule has 0 heterocycles. The van der Waals surface area contributed by atoms with Crippen molar-refractivity contribution in [3.63, 3.8) is 0 Å². The van der Waals surface area contributed by atoms with Crippen LogP contribution in [0.1, 0.15) is 39.2 Å². The second-order valence-corrected chi connectivity index (χ2v) is 6.92. The molecule has 21 heavy (non-hydrogen) atoms. The van der Waals surface area contributed by atoms with Gasteiger partial charge in [0.1, 0.15) is 5.82 Å². The summed E-state index contributed by atoms with van der Waals surface area (Å²) in [6, 6.07) is 5.64. The molecule has 1 aromatic rings. The van der Waals surface area contributed by atoms with E-state index < -0.39 is 0 Å². The lowest BCUT2D eigenvalue weighted by Crippen LogP contribution is -2.57. The maximum Gasteiger partial charge on any atom is 0.137 e. The summed E-state index contributed by atoms with van der Waals surface area (Å²) >= 11 is 3.28. The number of nitrogens with one attached hydrogen (secondary N) is 1. The average Bonchev–Trinajstić information content (AvgIpc) is 2.46. The van der Waals surface area contributed by atoms with Crippen molar-refractivity contribution in [1.82, 2.24) is 10.2 Å². The van der Waals surface area contributed by atoms with Gasteiger partial charge >= 0.3 is 0 Å². The minimum Gasteiger partial charge on any atom is -0.312 e. The molecule has 2 atom stereocenters. The zero-order valence-corrected chi connectivity index (χ0v) is 15.4. The van der Waals surface area contributed by atoms with Crippen LogP contribution in [0.15, 0.2) is 22.7 Å². The van der Waals surface area contributed by atoms with Crippen molar-refractivity contribution in [2.75, 3.05) is 20.6 Å². The Bertz CT molecular complexity index is 450. The van der Waals surface area contributed by atoms with Gasteiger partial charge in [-0.1, -0.05) is 19.9 Å². The fraction of sp³-hybridized carbons (Fsp3) is 0.647. The molecule has 2 nitrogen and oxygen atoms in total. The molecule has 0 radical (unpaired) electrons. The van der Waals surface area contributed by atoms with Gasteiger partial charge in [0.15, 0.2) is 0 Å². The normalized spacial score (nSPS) is 16.0. The van der Waals surface area contributed by atoms with E-state index in [1.807, 2.05) is 12.1 Å². The topological polar surface area (TPSA) is 15.3 Å². The van der Waals surface area contributed by atoms with E-state index in [2.05, 4.69) is 61.0 Å². The monoisotopic (exact) mass is 358 g/mol. The van der Waals surface area contributed by atoms with Gasteiger partial charge in [0, 0.05) is 11.6 Å². The summed E-state index contributed by atoms with van der Waals surface area (Å²) in [6.45, 7) is 7.69. The molecule has 0 aliphatic heterocycles. The van der Waals surface area contributed by atoms with Crippen LogP contribution in [0, 0.1) is 5.82 Å². The molecule has 2 unspecified atom stereocenters. The van der Waals surface area contributed by atoms with Crippen LogP contribution in [0.25, 0.3) is 0 Å². The van der Waals surface area contributed by atoms with Gasteiger partial charge in [-0.15, -0.1) is 0 Å². The minimum atomic E-state index is -0.206. The molecular formula is C17H28BrFN2. The summed E-state index contributed by atoms with van der Waals surface area (Å²) in [4.78, 5) is 2.29. The molecule has 1 N–H and O–H groups in total. The van der Waals surface area contributed by atoms with Gasteiger partial charge in [0.25, 0.3) is 0 Å². The number of hydrogen-bond acceptors (Lipinski definition) is 2. The van der Waals surface area contributed by atoms with E-state index in [4.69, 9.17) is 0 Å². The zero-order valence-electron chi connectivity index (χ0n) is 13.8. The predicted molar refractivity (Wildman–Crippen MR) is 92.3 cm³/mol. The number of nitrogens with zero attached hydrogens (tertiary/aromatic N) is 1. The first kappa shape index (κ1) is 18.6. The van der Waals surface area contributed by atoms with Crippen molar-refractivity contribution < 1.29 is 4.39 Å². The lowest BCUT2D eigenvalue weighted by Gasteiger charge is -2.43. The largest absolute Gasteiger partial charge is 0.312 e. The van der Waals surface area contributed by atoms with Gasteiger partial charge in [0.2, 0.25) is 0 Å². The fourth-order valence-corrected chi connectivity index (χ4v) is 3.03. The van der Waals surface area contributed by atoms with Crippen molar-refractivity contribution in [3.8, 4) is 0 Å². The number of likely N-dealkylation sites (N-methyl/N-ethyl adjacent to an activating group) is 1. The van der Waals surface area contributed by atoms with Gasteiger partial charge in [-0.05, 0) is 80.5 Å². The van der Waals surface area contributed by atoms with E-state index >= 15 is 0 Å². The molecule has 4 heteroatoms. The fourth-order valence-electron chi connectivity index (χ4n) is 2.61. The number of benzene rings is 1. The van der Waals surface area contributed by atoms with Crippen LogP contribution in [0.3, 0.4) is 0 Å². The Morgan fingerprint density at radius 1 is 1.33 bits per heavy atom. The van der Waals surface area contributed by atoms with Crippen LogP contribution in [-0.2, 0) is 6.42 Å². The smallest absolute Gasteiger partial charge is 0.137 e. The Hall–Kier alpha value is -0.450. The van der Waals surface area contributed by atoms with Gasteiger partial charge < -0.3 is 10.2 Å². The maximum absolute atomic E-state index is 13.4. The lowest BCUT2D eigenvalue weighted by molar-refractivity contribution is 0.112. The molecule has 0 aromatic heterocycles. The van der Waals surface area contributed by atoms with Gasteiger partial charge in [-0.3, -0.25) is 0 Å². The highest BCUT2D eigenvalue weighted by molar-refractivity contribution is 9.10. The van der Waals surface area contributed by atoms with E-state index in [0.717, 1.165) is 31.4 Å². The highest BCUT2D eigenvalue weighted by Gasteiger charge is 2.34. The zero-order chi connectivity index (χ0) is 16.0. The third-order valence-corrected chi connectivity index (χ3v) is 5.16. The molecule has 0 fully saturated rings. The van der Waals surface area contributed by atoms with Crippen molar-refractivity contribution in [2.45, 2.75) is 51.6 Å². The molecule has 0 saturated carbocycles. The molecule has 0 amide bonds. The lowest BCUT2D eigenvalue weighted by atomic mass is 9.84. The second-order valence-electron chi connectivity index (χ2n) is 6.06. The van der Waals surface area contributed by atoms with Gasteiger partial charge in [0.05, 0.1) is 4.47 Å². The molecule has 0 aliphatic rings. The SMILES string of the molecule is CCCNC(Cc1ccc(F)c(Br)c1)C(C)(CC)N(C)C. The first-order valence-corrected chi connectivity index (χ1v) is 8.49. The van der Waals surface area contributed by atoms with Crippen molar-refractivity contribution in [2.24, 2.45) is 0 Å². The molecule has 1 rings (SSSR count). The molecule has 0 spiro atoms. The Morgan fingerprint density at radius 2 is 2.00 bits per heavy atom. The Labute approximate surface area is 137 Å². The summed E-state index contributed by atoms with van der Waals surface area (Å²) in [7, 11) is 4.26. The van der Waals surface area contributed by atoms with E-state index in [0.29, 0.717) is 10.5 Å².